The molecule has 5 heteroatoms. The zero-order valence-electron chi connectivity index (χ0n) is 15.1. The minimum absolute atomic E-state index is 0.338. The fourth-order valence-corrected chi connectivity index (χ4v) is 2.67. The summed E-state index contributed by atoms with van der Waals surface area (Å²) in [5.41, 5.74) is 2.53. The Morgan fingerprint density at radius 2 is 1.46 bits per heavy atom. The highest BCUT2D eigenvalue weighted by Crippen LogP contribution is 2.30. The highest BCUT2D eigenvalue weighted by Gasteiger charge is 2.29. The van der Waals surface area contributed by atoms with Crippen molar-refractivity contribution in [2.45, 2.75) is 13.1 Å². The van der Waals surface area contributed by atoms with Crippen LogP contribution in [0.25, 0.3) is 11.6 Å². The molecule has 1 amide bonds. The van der Waals surface area contributed by atoms with E-state index in [4.69, 9.17) is 0 Å². The first-order valence-corrected chi connectivity index (χ1v) is 8.65. The van der Waals surface area contributed by atoms with E-state index in [-0.39, 0.29) is 5.91 Å². The molecule has 0 saturated carbocycles. The van der Waals surface area contributed by atoms with Gasteiger partial charge in [0.15, 0.2) is 0 Å². The zero-order valence-corrected chi connectivity index (χ0v) is 15.1. The average molecular weight is 381 g/mol. The molecule has 0 aliphatic heterocycles. The third-order valence-electron chi connectivity index (χ3n) is 4.19. The molecule has 0 aromatic heterocycles. The summed E-state index contributed by atoms with van der Waals surface area (Å²) in [5, 5.41) is 2.84. The summed E-state index contributed by atoms with van der Waals surface area (Å²) in [6.45, 7) is 1.95. The second-order valence-corrected chi connectivity index (χ2v) is 6.36. The van der Waals surface area contributed by atoms with E-state index in [1.54, 1.807) is 42.5 Å². The number of halogens is 3. The van der Waals surface area contributed by atoms with Crippen LogP contribution in [0.5, 0.6) is 0 Å². The van der Waals surface area contributed by atoms with Crippen molar-refractivity contribution < 1.29 is 18.0 Å². The van der Waals surface area contributed by atoms with E-state index in [2.05, 4.69) is 5.32 Å². The lowest BCUT2D eigenvalue weighted by molar-refractivity contribution is -0.137. The fourth-order valence-electron chi connectivity index (χ4n) is 2.67. The molecular weight excluding hydrogens is 363 g/mol. The van der Waals surface area contributed by atoms with Crippen LogP contribution in [0.1, 0.15) is 22.3 Å². The van der Waals surface area contributed by atoms with Crippen molar-refractivity contribution in [2.24, 2.45) is 0 Å². The molecule has 3 rings (SSSR count). The van der Waals surface area contributed by atoms with Crippen molar-refractivity contribution in [1.82, 2.24) is 0 Å². The van der Waals surface area contributed by atoms with E-state index in [1.807, 2.05) is 25.1 Å². The van der Waals surface area contributed by atoms with Crippen LogP contribution in [0.2, 0.25) is 0 Å². The van der Waals surface area contributed by atoms with Gasteiger partial charge in [0, 0.05) is 11.3 Å². The summed E-state index contributed by atoms with van der Waals surface area (Å²) in [6.07, 6.45) is -2.81. The first-order chi connectivity index (χ1) is 13.3. The molecule has 2 nitrogen and oxygen atoms in total. The summed E-state index contributed by atoms with van der Waals surface area (Å²) in [5.74, 6) is -0.338. The van der Waals surface area contributed by atoms with Crippen molar-refractivity contribution in [2.75, 3.05) is 5.32 Å². The van der Waals surface area contributed by atoms with Crippen LogP contribution in [-0.2, 0) is 11.0 Å². The van der Waals surface area contributed by atoms with E-state index >= 15 is 0 Å². The number of aryl methyl sites for hydroxylation is 1. The number of amides is 1. The Labute approximate surface area is 161 Å². The lowest BCUT2D eigenvalue weighted by Crippen LogP contribution is -2.13. The number of anilines is 1. The normalized spacial score (nSPS) is 11.9. The maximum absolute atomic E-state index is 12.9. The summed E-state index contributed by atoms with van der Waals surface area (Å²) in [6, 6.07) is 21.1. The standard InChI is InChI=1S/C23H18F3NO/c1-16-7-13-20(14-8-16)27-22(28)21(18-5-3-2-4-6-18)15-17-9-11-19(12-10-17)23(24,25)26/h2-15H,1H3,(H,27,28)/b21-15+. The van der Waals surface area contributed by atoms with Crippen LogP contribution in [0.4, 0.5) is 18.9 Å². The minimum Gasteiger partial charge on any atom is -0.322 e. The topological polar surface area (TPSA) is 29.1 Å². The number of hydrogen-bond donors (Lipinski definition) is 1. The Balaban J connectivity index is 1.94. The first-order valence-electron chi connectivity index (χ1n) is 8.65. The van der Waals surface area contributed by atoms with E-state index < -0.39 is 11.7 Å². The molecule has 0 heterocycles. The monoisotopic (exact) mass is 381 g/mol. The second kappa shape index (κ2) is 8.13. The lowest BCUT2D eigenvalue weighted by Gasteiger charge is -2.11. The first kappa shape index (κ1) is 19.4. The zero-order chi connectivity index (χ0) is 20.1. The number of benzene rings is 3. The van der Waals surface area contributed by atoms with Gasteiger partial charge in [-0.1, -0.05) is 60.2 Å². The number of rotatable bonds is 4. The number of alkyl halides is 3. The molecule has 3 aromatic carbocycles. The van der Waals surface area contributed by atoms with E-state index in [9.17, 15) is 18.0 Å². The Bertz CT molecular complexity index is 973. The molecule has 0 aliphatic carbocycles. The van der Waals surface area contributed by atoms with E-state index in [0.29, 0.717) is 22.4 Å². The van der Waals surface area contributed by atoms with Crippen LogP contribution in [0, 0.1) is 6.92 Å². The Kier molecular flexibility index (Phi) is 5.64. The average Bonchev–Trinajstić information content (AvgIpc) is 2.68. The fraction of sp³-hybridized carbons (Fsp3) is 0.0870. The van der Waals surface area contributed by atoms with Crippen molar-refractivity contribution >= 4 is 23.2 Å². The maximum atomic E-state index is 12.9. The van der Waals surface area contributed by atoms with Gasteiger partial charge in [-0.2, -0.15) is 13.2 Å². The highest BCUT2D eigenvalue weighted by atomic mass is 19.4. The van der Waals surface area contributed by atoms with Gasteiger partial charge in [-0.3, -0.25) is 4.79 Å². The molecule has 142 valence electrons. The highest BCUT2D eigenvalue weighted by molar-refractivity contribution is 6.29. The number of nitrogens with one attached hydrogen (secondary N) is 1. The smallest absolute Gasteiger partial charge is 0.322 e. The van der Waals surface area contributed by atoms with Crippen molar-refractivity contribution in [3.05, 3.63) is 101 Å². The molecule has 0 unspecified atom stereocenters. The van der Waals surface area contributed by atoms with E-state index in [0.717, 1.165) is 17.7 Å². The third-order valence-corrected chi connectivity index (χ3v) is 4.19. The molecule has 28 heavy (non-hydrogen) atoms. The predicted molar refractivity (Wildman–Crippen MR) is 106 cm³/mol. The Morgan fingerprint density at radius 3 is 2.04 bits per heavy atom. The van der Waals surface area contributed by atoms with Gasteiger partial charge in [0.2, 0.25) is 0 Å². The lowest BCUT2D eigenvalue weighted by atomic mass is 10.0. The van der Waals surface area contributed by atoms with E-state index in [1.165, 1.54) is 12.1 Å². The molecule has 0 atom stereocenters. The van der Waals surface area contributed by atoms with Gasteiger partial charge in [0.1, 0.15) is 0 Å². The summed E-state index contributed by atoms with van der Waals surface area (Å²) < 4.78 is 38.3. The van der Waals surface area contributed by atoms with Crippen molar-refractivity contribution in [3.63, 3.8) is 0 Å². The molecule has 0 bridgehead atoms. The summed E-state index contributed by atoms with van der Waals surface area (Å²) in [7, 11) is 0. The molecule has 0 fully saturated rings. The summed E-state index contributed by atoms with van der Waals surface area (Å²) in [4.78, 5) is 12.9. The maximum Gasteiger partial charge on any atom is 0.416 e. The molecule has 0 aliphatic rings. The third kappa shape index (κ3) is 4.88. The van der Waals surface area contributed by atoms with Gasteiger partial charge >= 0.3 is 6.18 Å². The van der Waals surface area contributed by atoms with Gasteiger partial charge in [-0.05, 0) is 48.4 Å². The van der Waals surface area contributed by atoms with Gasteiger partial charge in [0.25, 0.3) is 5.91 Å². The Morgan fingerprint density at radius 1 is 0.857 bits per heavy atom. The van der Waals surface area contributed by atoms with Crippen LogP contribution >= 0.6 is 0 Å². The van der Waals surface area contributed by atoms with Crippen LogP contribution in [0.15, 0.2) is 78.9 Å². The van der Waals surface area contributed by atoms with Crippen molar-refractivity contribution in [1.29, 1.82) is 0 Å². The van der Waals surface area contributed by atoms with Gasteiger partial charge in [-0.15, -0.1) is 0 Å². The van der Waals surface area contributed by atoms with Crippen LogP contribution in [-0.4, -0.2) is 5.91 Å². The molecule has 0 spiro atoms. The molecule has 1 N–H and O–H groups in total. The Hall–Kier alpha value is -3.34. The molecule has 0 saturated heterocycles. The summed E-state index contributed by atoms with van der Waals surface area (Å²) >= 11 is 0. The molecule has 0 radical (unpaired) electrons. The van der Waals surface area contributed by atoms with Gasteiger partial charge in [0.05, 0.1) is 5.56 Å². The SMILES string of the molecule is Cc1ccc(NC(=O)/C(=C/c2ccc(C(F)(F)F)cc2)c2ccccc2)cc1. The van der Waals surface area contributed by atoms with Crippen LogP contribution in [0.3, 0.4) is 0 Å². The second-order valence-electron chi connectivity index (χ2n) is 6.36. The largest absolute Gasteiger partial charge is 0.416 e. The number of hydrogen-bond acceptors (Lipinski definition) is 1. The quantitative estimate of drug-likeness (QED) is 0.423. The predicted octanol–water partition coefficient (Wildman–Crippen LogP) is 6.19. The minimum atomic E-state index is -4.40. The van der Waals surface area contributed by atoms with Gasteiger partial charge in [-0.25, -0.2) is 0 Å². The van der Waals surface area contributed by atoms with Gasteiger partial charge < -0.3 is 5.32 Å². The number of carbonyl (C=O) groups is 1. The van der Waals surface area contributed by atoms with Crippen molar-refractivity contribution in [3.8, 4) is 0 Å². The molecule has 3 aromatic rings. The molecular formula is C23H18F3NO. The number of carbonyl (C=O) groups excluding carboxylic acids is 1. The van der Waals surface area contributed by atoms with Crippen LogP contribution < -0.4 is 5.32 Å².